The van der Waals surface area contributed by atoms with Gasteiger partial charge in [0.15, 0.2) is 0 Å². The van der Waals surface area contributed by atoms with Gasteiger partial charge in [0, 0.05) is 0 Å². The summed E-state index contributed by atoms with van der Waals surface area (Å²) in [5.74, 6) is 0.621. The zero-order chi connectivity index (χ0) is 12.3. The van der Waals surface area contributed by atoms with Crippen LogP contribution in [0.1, 0.15) is 45.4 Å². The summed E-state index contributed by atoms with van der Waals surface area (Å²) >= 11 is 0. The third-order valence-corrected chi connectivity index (χ3v) is 4.16. The van der Waals surface area contributed by atoms with Crippen molar-refractivity contribution in [3.8, 4) is 6.07 Å². The highest BCUT2D eigenvalue weighted by Gasteiger charge is 2.36. The van der Waals surface area contributed by atoms with Crippen LogP contribution in [-0.2, 0) is 0 Å². The third kappa shape index (κ3) is 2.36. The maximum atomic E-state index is 9.53. The predicted octanol–water partition coefficient (Wildman–Crippen LogP) is 4.54. The largest absolute Gasteiger partial charge is 0.197 e. The SMILES string of the molecule is C=C(C1=CCC(C)C=C1)C1(C#N)CCCCC1. The minimum Gasteiger partial charge on any atom is -0.197 e. The van der Waals surface area contributed by atoms with Crippen LogP contribution >= 0.6 is 0 Å². The molecule has 90 valence electrons. The van der Waals surface area contributed by atoms with Gasteiger partial charge < -0.3 is 0 Å². The summed E-state index contributed by atoms with van der Waals surface area (Å²) in [6, 6.07) is 2.55. The molecule has 0 N–H and O–H groups in total. The molecule has 1 fully saturated rings. The van der Waals surface area contributed by atoms with Crippen molar-refractivity contribution in [2.75, 3.05) is 0 Å². The molecule has 2 aliphatic carbocycles. The Kier molecular flexibility index (Phi) is 3.52. The lowest BCUT2D eigenvalue weighted by atomic mass is 9.68. The van der Waals surface area contributed by atoms with Crippen LogP contribution in [0.25, 0.3) is 0 Å². The van der Waals surface area contributed by atoms with Gasteiger partial charge in [-0.15, -0.1) is 0 Å². The van der Waals surface area contributed by atoms with Crippen molar-refractivity contribution in [1.29, 1.82) is 5.26 Å². The molecule has 0 heterocycles. The minimum absolute atomic E-state index is 0.283. The minimum atomic E-state index is -0.283. The summed E-state index contributed by atoms with van der Waals surface area (Å²) in [6.45, 7) is 6.44. The number of hydrogen-bond acceptors (Lipinski definition) is 1. The van der Waals surface area contributed by atoms with Gasteiger partial charge in [-0.1, -0.05) is 51.0 Å². The molecule has 0 radical (unpaired) electrons. The van der Waals surface area contributed by atoms with Crippen molar-refractivity contribution < 1.29 is 0 Å². The molecule has 0 aliphatic heterocycles. The Balaban J connectivity index is 2.19. The Hall–Kier alpha value is -1.29. The molecule has 0 spiro atoms. The van der Waals surface area contributed by atoms with Crippen molar-refractivity contribution in [3.63, 3.8) is 0 Å². The molecule has 1 unspecified atom stereocenters. The molecule has 1 nitrogen and oxygen atoms in total. The van der Waals surface area contributed by atoms with E-state index >= 15 is 0 Å². The summed E-state index contributed by atoms with van der Waals surface area (Å²) in [5.41, 5.74) is 1.98. The van der Waals surface area contributed by atoms with Crippen molar-refractivity contribution in [2.45, 2.75) is 45.4 Å². The lowest BCUT2D eigenvalue weighted by Crippen LogP contribution is -2.25. The first-order chi connectivity index (χ1) is 8.18. The highest BCUT2D eigenvalue weighted by molar-refractivity contribution is 5.46. The molecular weight excluding hydrogens is 206 g/mol. The summed E-state index contributed by atoms with van der Waals surface area (Å²) in [5, 5.41) is 9.53. The van der Waals surface area contributed by atoms with Gasteiger partial charge in [0.1, 0.15) is 0 Å². The molecule has 2 rings (SSSR count). The second-order valence-electron chi connectivity index (χ2n) is 5.46. The van der Waals surface area contributed by atoms with Gasteiger partial charge in [0.25, 0.3) is 0 Å². The number of rotatable bonds is 2. The smallest absolute Gasteiger partial charge is 0.0822 e. The lowest BCUT2D eigenvalue weighted by Gasteiger charge is -2.33. The van der Waals surface area contributed by atoms with E-state index in [4.69, 9.17) is 0 Å². The van der Waals surface area contributed by atoms with Crippen LogP contribution in [0, 0.1) is 22.7 Å². The van der Waals surface area contributed by atoms with Gasteiger partial charge in [0.2, 0.25) is 0 Å². The number of hydrogen-bond donors (Lipinski definition) is 0. The first-order valence-corrected chi connectivity index (χ1v) is 6.67. The molecule has 0 aromatic rings. The molecule has 17 heavy (non-hydrogen) atoms. The Morgan fingerprint density at radius 3 is 2.65 bits per heavy atom. The van der Waals surface area contributed by atoms with Gasteiger partial charge in [-0.3, -0.25) is 0 Å². The second-order valence-corrected chi connectivity index (χ2v) is 5.46. The van der Waals surface area contributed by atoms with E-state index in [9.17, 15) is 5.26 Å². The highest BCUT2D eigenvalue weighted by atomic mass is 14.4. The molecule has 0 aromatic carbocycles. The average molecular weight is 227 g/mol. The van der Waals surface area contributed by atoms with Gasteiger partial charge in [-0.2, -0.15) is 5.26 Å². The van der Waals surface area contributed by atoms with E-state index in [2.05, 4.69) is 37.8 Å². The van der Waals surface area contributed by atoms with Crippen LogP contribution in [-0.4, -0.2) is 0 Å². The monoisotopic (exact) mass is 227 g/mol. The van der Waals surface area contributed by atoms with Gasteiger partial charge in [0.05, 0.1) is 11.5 Å². The fourth-order valence-electron chi connectivity index (χ4n) is 2.86. The van der Waals surface area contributed by atoms with Crippen LogP contribution in [0.2, 0.25) is 0 Å². The van der Waals surface area contributed by atoms with Crippen LogP contribution in [0.5, 0.6) is 0 Å². The van der Waals surface area contributed by atoms with Crippen molar-refractivity contribution in [1.82, 2.24) is 0 Å². The summed E-state index contributed by atoms with van der Waals surface area (Å²) < 4.78 is 0. The molecule has 0 aromatic heterocycles. The summed E-state index contributed by atoms with van der Waals surface area (Å²) in [6.07, 6.45) is 13.3. The molecule has 2 aliphatic rings. The maximum absolute atomic E-state index is 9.53. The Labute approximate surface area is 105 Å². The van der Waals surface area contributed by atoms with Gasteiger partial charge in [-0.25, -0.2) is 0 Å². The summed E-state index contributed by atoms with van der Waals surface area (Å²) in [7, 11) is 0. The van der Waals surface area contributed by atoms with E-state index in [1.807, 2.05) is 0 Å². The van der Waals surface area contributed by atoms with E-state index in [1.165, 1.54) is 24.8 Å². The zero-order valence-electron chi connectivity index (χ0n) is 10.7. The van der Waals surface area contributed by atoms with Crippen LogP contribution in [0.3, 0.4) is 0 Å². The Morgan fingerprint density at radius 1 is 1.41 bits per heavy atom. The maximum Gasteiger partial charge on any atom is 0.0822 e. The number of nitrogens with zero attached hydrogens (tertiary/aromatic N) is 1. The molecule has 1 heteroatoms. The third-order valence-electron chi connectivity index (χ3n) is 4.16. The van der Waals surface area contributed by atoms with Crippen LogP contribution in [0.4, 0.5) is 0 Å². The zero-order valence-corrected chi connectivity index (χ0v) is 10.7. The highest BCUT2D eigenvalue weighted by Crippen LogP contribution is 2.44. The molecule has 0 bridgehead atoms. The predicted molar refractivity (Wildman–Crippen MR) is 71.3 cm³/mol. The molecule has 1 saturated carbocycles. The van der Waals surface area contributed by atoms with Crippen LogP contribution in [0.15, 0.2) is 36.0 Å². The van der Waals surface area contributed by atoms with Crippen molar-refractivity contribution in [2.24, 2.45) is 11.3 Å². The molecule has 0 saturated heterocycles. The van der Waals surface area contributed by atoms with Gasteiger partial charge in [-0.05, 0) is 36.3 Å². The first kappa shape index (κ1) is 12.2. The summed E-state index contributed by atoms with van der Waals surface area (Å²) in [4.78, 5) is 0. The van der Waals surface area contributed by atoms with E-state index in [1.54, 1.807) is 0 Å². The number of allylic oxidation sites excluding steroid dienone is 5. The van der Waals surface area contributed by atoms with Crippen molar-refractivity contribution in [3.05, 3.63) is 36.0 Å². The van der Waals surface area contributed by atoms with E-state index in [0.717, 1.165) is 24.8 Å². The molecule has 1 atom stereocenters. The fourth-order valence-corrected chi connectivity index (χ4v) is 2.86. The number of nitriles is 1. The van der Waals surface area contributed by atoms with E-state index < -0.39 is 0 Å². The van der Waals surface area contributed by atoms with E-state index in [-0.39, 0.29) is 5.41 Å². The topological polar surface area (TPSA) is 23.8 Å². The van der Waals surface area contributed by atoms with E-state index in [0.29, 0.717) is 5.92 Å². The average Bonchev–Trinajstić information content (AvgIpc) is 2.39. The fraction of sp³-hybridized carbons (Fsp3) is 0.562. The quantitative estimate of drug-likeness (QED) is 0.679. The molecular formula is C16H21N. The lowest BCUT2D eigenvalue weighted by molar-refractivity contribution is 0.322. The van der Waals surface area contributed by atoms with Gasteiger partial charge >= 0.3 is 0 Å². The first-order valence-electron chi connectivity index (χ1n) is 6.67. The standard InChI is InChI=1S/C16H21N/c1-13-6-8-15(9-7-13)14(2)16(12-17)10-4-3-5-11-16/h6,8-9,13H,2-5,7,10-11H2,1H3. The Morgan fingerprint density at radius 2 is 2.12 bits per heavy atom. The van der Waals surface area contributed by atoms with Crippen molar-refractivity contribution >= 4 is 0 Å². The second kappa shape index (κ2) is 4.92. The Bertz CT molecular complexity index is 400. The normalized spacial score (nSPS) is 27.1. The van der Waals surface area contributed by atoms with Crippen LogP contribution < -0.4 is 0 Å². The molecule has 0 amide bonds.